The Balaban J connectivity index is 1.46. The van der Waals surface area contributed by atoms with Crippen LogP contribution in [-0.2, 0) is 0 Å². The number of nitrogens with one attached hydrogen (secondary N) is 1. The van der Waals surface area contributed by atoms with Crippen molar-refractivity contribution >= 4 is 0 Å². The van der Waals surface area contributed by atoms with Crippen molar-refractivity contribution in [3.63, 3.8) is 0 Å². The maximum Gasteiger partial charge on any atom is 0.00940 e. The number of fused-ring (bicyclic) bond motifs is 2. The first kappa shape index (κ1) is 13.6. The second-order valence-electron chi connectivity index (χ2n) is 7.30. The van der Waals surface area contributed by atoms with E-state index in [4.69, 9.17) is 0 Å². The highest BCUT2D eigenvalue weighted by Gasteiger charge is 2.39. The molecule has 2 bridgehead atoms. The minimum Gasteiger partial charge on any atom is -0.311 e. The molecule has 1 N–H and O–H groups in total. The van der Waals surface area contributed by atoms with Gasteiger partial charge in [0.15, 0.2) is 0 Å². The highest BCUT2D eigenvalue weighted by atomic mass is 15.2. The Morgan fingerprint density at radius 1 is 1.05 bits per heavy atom. The number of allylic oxidation sites excluding steroid dienone is 2. The van der Waals surface area contributed by atoms with E-state index >= 15 is 0 Å². The quantitative estimate of drug-likeness (QED) is 0.783. The third kappa shape index (κ3) is 2.90. The number of nitrogens with zero attached hydrogens (tertiary/aromatic N) is 1. The summed E-state index contributed by atoms with van der Waals surface area (Å²) in [4.78, 5) is 2.61. The number of piperidine rings is 1. The van der Waals surface area contributed by atoms with Crippen LogP contribution in [0.3, 0.4) is 0 Å². The van der Waals surface area contributed by atoms with Crippen LogP contribution in [0.1, 0.15) is 46.5 Å². The molecule has 0 amide bonds. The molecule has 4 unspecified atom stereocenters. The summed E-state index contributed by atoms with van der Waals surface area (Å²) in [6.07, 6.45) is 10.5. The molecule has 2 nitrogen and oxygen atoms in total. The molecule has 1 saturated heterocycles. The van der Waals surface area contributed by atoms with Gasteiger partial charge in [0.05, 0.1) is 0 Å². The first-order valence-corrected chi connectivity index (χ1v) is 8.32. The van der Waals surface area contributed by atoms with E-state index in [-0.39, 0.29) is 0 Å². The van der Waals surface area contributed by atoms with Crippen LogP contribution in [0.15, 0.2) is 12.2 Å². The fraction of sp³-hybridized carbons (Fsp3) is 0.882. The zero-order valence-electron chi connectivity index (χ0n) is 12.8. The maximum absolute atomic E-state index is 3.94. The van der Waals surface area contributed by atoms with Crippen molar-refractivity contribution in [2.45, 2.75) is 64.6 Å². The molecule has 0 aromatic rings. The predicted octanol–water partition coefficient (Wildman–Crippen LogP) is 3.05. The van der Waals surface area contributed by atoms with E-state index in [0.717, 1.165) is 23.8 Å². The van der Waals surface area contributed by atoms with Crippen LogP contribution in [0.2, 0.25) is 0 Å². The van der Waals surface area contributed by atoms with Crippen LogP contribution in [0.4, 0.5) is 0 Å². The van der Waals surface area contributed by atoms with Gasteiger partial charge in [0, 0.05) is 18.1 Å². The van der Waals surface area contributed by atoms with Gasteiger partial charge in [-0.15, -0.1) is 0 Å². The maximum atomic E-state index is 3.94. The lowest BCUT2D eigenvalue weighted by molar-refractivity contribution is 0.150. The summed E-state index contributed by atoms with van der Waals surface area (Å²) < 4.78 is 0. The van der Waals surface area contributed by atoms with Crippen molar-refractivity contribution in [1.29, 1.82) is 0 Å². The van der Waals surface area contributed by atoms with Crippen LogP contribution >= 0.6 is 0 Å². The van der Waals surface area contributed by atoms with Gasteiger partial charge in [-0.2, -0.15) is 0 Å². The van der Waals surface area contributed by atoms with Crippen LogP contribution < -0.4 is 5.32 Å². The van der Waals surface area contributed by atoms with Crippen LogP contribution in [0.25, 0.3) is 0 Å². The zero-order chi connectivity index (χ0) is 13.4. The molecule has 2 heteroatoms. The summed E-state index contributed by atoms with van der Waals surface area (Å²) in [5.74, 6) is 2.68. The van der Waals surface area contributed by atoms with E-state index in [9.17, 15) is 0 Å². The molecule has 0 aromatic heterocycles. The standard InChI is InChI=1S/C17H30N2/c1-12(2)19-8-6-16(7-9-19)18-13(3)17-11-14-4-5-15(17)10-14/h4-5,12-18H,6-11H2,1-3H3. The third-order valence-electron chi connectivity index (χ3n) is 5.73. The molecule has 0 radical (unpaired) electrons. The molecule has 1 saturated carbocycles. The largest absolute Gasteiger partial charge is 0.311 e. The Labute approximate surface area is 118 Å². The topological polar surface area (TPSA) is 15.3 Å². The molecule has 0 aromatic carbocycles. The average Bonchev–Trinajstić information content (AvgIpc) is 3.01. The Hall–Kier alpha value is -0.340. The van der Waals surface area contributed by atoms with Crippen molar-refractivity contribution < 1.29 is 0 Å². The monoisotopic (exact) mass is 262 g/mol. The summed E-state index contributed by atoms with van der Waals surface area (Å²) in [6.45, 7) is 9.61. The van der Waals surface area contributed by atoms with Crippen LogP contribution in [0.5, 0.6) is 0 Å². The highest BCUT2D eigenvalue weighted by molar-refractivity contribution is 5.11. The molecule has 3 aliphatic rings. The van der Waals surface area contributed by atoms with Crippen LogP contribution in [-0.4, -0.2) is 36.1 Å². The van der Waals surface area contributed by atoms with Gasteiger partial charge in [0.2, 0.25) is 0 Å². The van der Waals surface area contributed by atoms with Crippen molar-refractivity contribution in [1.82, 2.24) is 10.2 Å². The van der Waals surface area contributed by atoms with Gasteiger partial charge in [-0.1, -0.05) is 12.2 Å². The van der Waals surface area contributed by atoms with Gasteiger partial charge in [-0.25, -0.2) is 0 Å². The zero-order valence-corrected chi connectivity index (χ0v) is 12.8. The van der Waals surface area contributed by atoms with Crippen molar-refractivity contribution in [2.24, 2.45) is 17.8 Å². The van der Waals surface area contributed by atoms with Gasteiger partial charge in [-0.3, -0.25) is 0 Å². The van der Waals surface area contributed by atoms with Gasteiger partial charge in [-0.05, 0) is 77.3 Å². The minimum absolute atomic E-state index is 0.704. The molecule has 19 heavy (non-hydrogen) atoms. The van der Waals surface area contributed by atoms with Crippen molar-refractivity contribution in [3.8, 4) is 0 Å². The summed E-state index contributed by atoms with van der Waals surface area (Å²) in [7, 11) is 0. The third-order valence-corrected chi connectivity index (χ3v) is 5.73. The molecular weight excluding hydrogens is 232 g/mol. The van der Waals surface area contributed by atoms with E-state index < -0.39 is 0 Å². The smallest absolute Gasteiger partial charge is 0.00940 e. The van der Waals surface area contributed by atoms with E-state index in [2.05, 4.69) is 43.1 Å². The molecule has 4 atom stereocenters. The molecule has 3 rings (SSSR count). The summed E-state index contributed by atoms with van der Waals surface area (Å²) in [6, 6.07) is 2.18. The van der Waals surface area contributed by atoms with E-state index in [1.807, 2.05) is 0 Å². The van der Waals surface area contributed by atoms with E-state index in [0.29, 0.717) is 12.1 Å². The molecule has 2 fully saturated rings. The van der Waals surface area contributed by atoms with Crippen LogP contribution in [0, 0.1) is 17.8 Å². The Morgan fingerprint density at radius 2 is 1.79 bits per heavy atom. The SMILES string of the molecule is CC(NC1CCN(C(C)C)CC1)C1CC2C=CC1C2. The van der Waals surface area contributed by atoms with E-state index in [1.54, 1.807) is 0 Å². The summed E-state index contributed by atoms with van der Waals surface area (Å²) in [5, 5.41) is 3.94. The molecule has 108 valence electrons. The highest BCUT2D eigenvalue weighted by Crippen LogP contribution is 2.45. The fourth-order valence-corrected chi connectivity index (χ4v) is 4.48. The van der Waals surface area contributed by atoms with E-state index in [1.165, 1.54) is 38.8 Å². The van der Waals surface area contributed by atoms with Gasteiger partial charge >= 0.3 is 0 Å². The fourth-order valence-electron chi connectivity index (χ4n) is 4.48. The number of hydrogen-bond donors (Lipinski definition) is 1. The molecule has 0 spiro atoms. The summed E-state index contributed by atoms with van der Waals surface area (Å²) >= 11 is 0. The predicted molar refractivity (Wildman–Crippen MR) is 81.2 cm³/mol. The lowest BCUT2D eigenvalue weighted by Gasteiger charge is -2.37. The van der Waals surface area contributed by atoms with Crippen molar-refractivity contribution in [3.05, 3.63) is 12.2 Å². The first-order chi connectivity index (χ1) is 9.13. The lowest BCUT2D eigenvalue weighted by Crippen LogP contribution is -2.49. The summed E-state index contributed by atoms with van der Waals surface area (Å²) in [5.41, 5.74) is 0. The number of likely N-dealkylation sites (tertiary alicyclic amines) is 1. The second kappa shape index (κ2) is 5.57. The number of rotatable bonds is 4. The average molecular weight is 262 g/mol. The Morgan fingerprint density at radius 3 is 2.32 bits per heavy atom. The van der Waals surface area contributed by atoms with Crippen molar-refractivity contribution in [2.75, 3.05) is 13.1 Å². The minimum atomic E-state index is 0.704. The second-order valence-corrected chi connectivity index (χ2v) is 7.30. The van der Waals surface area contributed by atoms with Gasteiger partial charge in [0.1, 0.15) is 0 Å². The first-order valence-electron chi connectivity index (χ1n) is 8.32. The molecule has 2 aliphatic carbocycles. The van der Waals surface area contributed by atoms with Gasteiger partial charge in [0.25, 0.3) is 0 Å². The normalized spacial score (nSPS) is 37.4. The lowest BCUT2D eigenvalue weighted by atomic mass is 9.86. The Bertz CT molecular complexity index is 328. The number of hydrogen-bond acceptors (Lipinski definition) is 2. The van der Waals surface area contributed by atoms with Gasteiger partial charge < -0.3 is 10.2 Å². The molecular formula is C17H30N2. The Kier molecular flexibility index (Phi) is 4.00. The molecule has 1 aliphatic heterocycles. The molecule has 1 heterocycles.